The Bertz CT molecular complexity index is 340. The van der Waals surface area contributed by atoms with Gasteiger partial charge in [-0.15, -0.1) is 0 Å². The molecule has 14 heavy (non-hydrogen) atoms. The van der Waals surface area contributed by atoms with Crippen LogP contribution in [0.4, 0.5) is 8.78 Å². The molecule has 2 nitrogen and oxygen atoms in total. The monoisotopic (exact) mass is 199 g/mol. The van der Waals surface area contributed by atoms with E-state index in [0.29, 0.717) is 5.56 Å². The van der Waals surface area contributed by atoms with Crippen LogP contribution in [-0.4, -0.2) is 5.91 Å². The first-order chi connectivity index (χ1) is 6.50. The van der Waals surface area contributed by atoms with E-state index in [1.165, 1.54) is 19.1 Å². The topological polar surface area (TPSA) is 43.1 Å². The van der Waals surface area contributed by atoms with Gasteiger partial charge in [0.15, 0.2) is 0 Å². The molecule has 4 heteroatoms. The SMILES string of the molecule is Cc1c(F)cc(CCC(N)=O)cc1F. The minimum Gasteiger partial charge on any atom is -0.370 e. The predicted molar refractivity (Wildman–Crippen MR) is 48.6 cm³/mol. The number of rotatable bonds is 3. The molecule has 0 unspecified atom stereocenters. The number of aryl methyl sites for hydroxylation is 1. The van der Waals surface area contributed by atoms with Crippen LogP contribution in [0.25, 0.3) is 0 Å². The third kappa shape index (κ3) is 2.52. The maximum absolute atomic E-state index is 13.0. The molecule has 0 spiro atoms. The fraction of sp³-hybridized carbons (Fsp3) is 0.300. The average Bonchev–Trinajstić information content (AvgIpc) is 2.10. The average molecular weight is 199 g/mol. The molecule has 0 atom stereocenters. The van der Waals surface area contributed by atoms with E-state index >= 15 is 0 Å². The third-order valence-corrected chi connectivity index (χ3v) is 2.00. The van der Waals surface area contributed by atoms with E-state index in [2.05, 4.69) is 0 Å². The van der Waals surface area contributed by atoms with Crippen LogP contribution < -0.4 is 5.73 Å². The Balaban J connectivity index is 2.84. The summed E-state index contributed by atoms with van der Waals surface area (Å²) in [4.78, 5) is 10.4. The van der Waals surface area contributed by atoms with E-state index in [4.69, 9.17) is 5.73 Å². The standard InChI is InChI=1S/C10H11F2NO/c1-6-8(11)4-7(5-9(6)12)2-3-10(13)14/h4-5H,2-3H2,1H3,(H2,13,14). The lowest BCUT2D eigenvalue weighted by Crippen LogP contribution is -2.11. The van der Waals surface area contributed by atoms with Gasteiger partial charge < -0.3 is 5.73 Å². The molecular weight excluding hydrogens is 188 g/mol. The van der Waals surface area contributed by atoms with Gasteiger partial charge in [0.2, 0.25) is 5.91 Å². The maximum Gasteiger partial charge on any atom is 0.217 e. The fourth-order valence-corrected chi connectivity index (χ4v) is 1.11. The Morgan fingerprint density at radius 2 is 1.86 bits per heavy atom. The van der Waals surface area contributed by atoms with Gasteiger partial charge in [0, 0.05) is 12.0 Å². The van der Waals surface area contributed by atoms with Crippen LogP contribution in [0.3, 0.4) is 0 Å². The Labute approximate surface area is 80.7 Å². The third-order valence-electron chi connectivity index (χ3n) is 2.00. The van der Waals surface area contributed by atoms with Gasteiger partial charge in [0.05, 0.1) is 0 Å². The first kappa shape index (κ1) is 10.6. The van der Waals surface area contributed by atoms with Crippen LogP contribution >= 0.6 is 0 Å². The highest BCUT2D eigenvalue weighted by molar-refractivity contribution is 5.73. The molecule has 0 aliphatic carbocycles. The highest BCUT2D eigenvalue weighted by Gasteiger charge is 2.07. The highest BCUT2D eigenvalue weighted by atomic mass is 19.1. The molecular formula is C10H11F2NO. The van der Waals surface area contributed by atoms with Gasteiger partial charge in [0.1, 0.15) is 11.6 Å². The van der Waals surface area contributed by atoms with Crippen molar-refractivity contribution in [1.82, 2.24) is 0 Å². The fourth-order valence-electron chi connectivity index (χ4n) is 1.11. The lowest BCUT2D eigenvalue weighted by molar-refractivity contribution is -0.117. The second kappa shape index (κ2) is 4.17. The number of nitrogens with two attached hydrogens (primary N) is 1. The van der Waals surface area contributed by atoms with Crippen LogP contribution in [0.2, 0.25) is 0 Å². The molecule has 1 aromatic rings. The van der Waals surface area contributed by atoms with E-state index in [9.17, 15) is 13.6 Å². The Kier molecular flexibility index (Phi) is 3.17. The lowest BCUT2D eigenvalue weighted by atomic mass is 10.1. The van der Waals surface area contributed by atoms with Crippen molar-refractivity contribution in [2.75, 3.05) is 0 Å². The van der Waals surface area contributed by atoms with Crippen molar-refractivity contribution in [3.05, 3.63) is 34.9 Å². The second-order valence-corrected chi connectivity index (χ2v) is 3.15. The number of carbonyl (C=O) groups is 1. The van der Waals surface area contributed by atoms with Crippen molar-refractivity contribution in [1.29, 1.82) is 0 Å². The molecule has 0 aromatic heterocycles. The van der Waals surface area contributed by atoms with E-state index in [1.807, 2.05) is 0 Å². The summed E-state index contributed by atoms with van der Waals surface area (Å²) in [5, 5.41) is 0. The Morgan fingerprint density at radius 3 is 2.29 bits per heavy atom. The van der Waals surface area contributed by atoms with Crippen molar-refractivity contribution in [2.45, 2.75) is 19.8 Å². The van der Waals surface area contributed by atoms with E-state index in [-0.39, 0.29) is 18.4 Å². The highest BCUT2D eigenvalue weighted by Crippen LogP contribution is 2.15. The smallest absolute Gasteiger partial charge is 0.217 e. The first-order valence-electron chi connectivity index (χ1n) is 4.23. The minimum absolute atomic E-state index is 0.00664. The van der Waals surface area contributed by atoms with Crippen LogP contribution in [0.1, 0.15) is 17.5 Å². The molecule has 0 aliphatic rings. The quantitative estimate of drug-likeness (QED) is 0.790. The zero-order chi connectivity index (χ0) is 10.7. The van der Waals surface area contributed by atoms with Crippen LogP contribution in [0.5, 0.6) is 0 Å². The molecule has 1 amide bonds. The van der Waals surface area contributed by atoms with E-state index in [1.54, 1.807) is 0 Å². The summed E-state index contributed by atoms with van der Waals surface area (Å²) in [7, 11) is 0. The molecule has 0 bridgehead atoms. The zero-order valence-electron chi connectivity index (χ0n) is 7.81. The van der Waals surface area contributed by atoms with Crippen LogP contribution in [-0.2, 0) is 11.2 Å². The molecule has 0 saturated carbocycles. The predicted octanol–water partition coefficient (Wildman–Crippen LogP) is 1.69. The number of hydrogen-bond donors (Lipinski definition) is 1. The minimum atomic E-state index is -0.593. The number of amides is 1. The van der Waals surface area contributed by atoms with Gasteiger partial charge in [-0.25, -0.2) is 8.78 Å². The Morgan fingerprint density at radius 1 is 1.36 bits per heavy atom. The van der Waals surface area contributed by atoms with Crippen molar-refractivity contribution in [3.8, 4) is 0 Å². The molecule has 2 N–H and O–H groups in total. The number of hydrogen-bond acceptors (Lipinski definition) is 1. The van der Waals surface area contributed by atoms with E-state index < -0.39 is 17.5 Å². The zero-order valence-corrected chi connectivity index (χ0v) is 7.81. The summed E-state index contributed by atoms with van der Waals surface area (Å²) < 4.78 is 26.0. The van der Waals surface area contributed by atoms with Gasteiger partial charge in [-0.1, -0.05) is 0 Å². The molecule has 1 aromatic carbocycles. The van der Waals surface area contributed by atoms with Gasteiger partial charge in [-0.3, -0.25) is 4.79 Å². The van der Waals surface area contributed by atoms with Gasteiger partial charge >= 0.3 is 0 Å². The summed E-state index contributed by atoms with van der Waals surface area (Å²) in [5.41, 5.74) is 5.36. The molecule has 0 heterocycles. The molecule has 0 aliphatic heterocycles. The van der Waals surface area contributed by atoms with Crippen molar-refractivity contribution >= 4 is 5.91 Å². The molecule has 76 valence electrons. The Hall–Kier alpha value is -1.45. The lowest BCUT2D eigenvalue weighted by Gasteiger charge is -2.03. The summed E-state index contributed by atoms with van der Waals surface area (Å²) >= 11 is 0. The molecule has 0 fully saturated rings. The van der Waals surface area contributed by atoms with Crippen LogP contribution in [0, 0.1) is 18.6 Å². The summed E-state index contributed by atoms with van der Waals surface area (Å²) in [6, 6.07) is 2.45. The van der Waals surface area contributed by atoms with E-state index in [0.717, 1.165) is 0 Å². The molecule has 0 radical (unpaired) electrons. The maximum atomic E-state index is 13.0. The second-order valence-electron chi connectivity index (χ2n) is 3.15. The number of primary amides is 1. The summed E-state index contributed by atoms with van der Waals surface area (Å²) in [6.45, 7) is 1.36. The van der Waals surface area contributed by atoms with Crippen molar-refractivity contribution < 1.29 is 13.6 Å². The first-order valence-corrected chi connectivity index (χ1v) is 4.23. The normalized spacial score (nSPS) is 10.2. The van der Waals surface area contributed by atoms with Gasteiger partial charge in [-0.2, -0.15) is 0 Å². The number of benzene rings is 1. The van der Waals surface area contributed by atoms with Crippen LogP contribution in [0.15, 0.2) is 12.1 Å². The number of carbonyl (C=O) groups excluding carboxylic acids is 1. The molecule has 0 saturated heterocycles. The van der Waals surface area contributed by atoms with Crippen molar-refractivity contribution in [2.24, 2.45) is 5.73 Å². The van der Waals surface area contributed by atoms with Crippen molar-refractivity contribution in [3.63, 3.8) is 0 Å². The summed E-state index contributed by atoms with van der Waals surface area (Å²) in [5.74, 6) is -1.67. The molecule has 1 rings (SSSR count). The number of halogens is 2. The largest absolute Gasteiger partial charge is 0.370 e. The summed E-state index contributed by atoms with van der Waals surface area (Å²) in [6.07, 6.45) is 0.366. The van der Waals surface area contributed by atoms with Gasteiger partial charge in [0.25, 0.3) is 0 Å². The van der Waals surface area contributed by atoms with Gasteiger partial charge in [-0.05, 0) is 31.0 Å².